The van der Waals surface area contributed by atoms with E-state index in [-0.39, 0.29) is 11.9 Å². The fourth-order valence-electron chi connectivity index (χ4n) is 1.15. The fourth-order valence-corrected chi connectivity index (χ4v) is 1.15. The Labute approximate surface area is 89.3 Å². The van der Waals surface area contributed by atoms with Crippen LogP contribution in [0.3, 0.4) is 0 Å². The zero-order chi connectivity index (χ0) is 11.3. The molecule has 0 aliphatic carbocycles. The van der Waals surface area contributed by atoms with Crippen LogP contribution in [0.5, 0.6) is 0 Å². The van der Waals surface area contributed by atoms with E-state index in [2.05, 4.69) is 20.6 Å². The number of hydrogen-bond acceptors (Lipinski definition) is 4. The number of amides is 1. The maximum atomic E-state index is 11.4. The number of carbonyl (C=O) groups is 1. The van der Waals surface area contributed by atoms with Gasteiger partial charge in [-0.1, -0.05) is 0 Å². The van der Waals surface area contributed by atoms with E-state index in [4.69, 9.17) is 0 Å². The zero-order valence-electron chi connectivity index (χ0n) is 9.24. The van der Waals surface area contributed by atoms with Crippen molar-refractivity contribution in [1.29, 1.82) is 0 Å². The van der Waals surface area contributed by atoms with Crippen LogP contribution < -0.4 is 10.6 Å². The summed E-state index contributed by atoms with van der Waals surface area (Å²) in [4.78, 5) is 19.5. The lowest BCUT2D eigenvalue weighted by Gasteiger charge is -2.13. The maximum Gasteiger partial charge on any atom is 0.242 e. The van der Waals surface area contributed by atoms with Gasteiger partial charge in [-0.2, -0.15) is 0 Å². The first kappa shape index (κ1) is 11.4. The number of aromatic nitrogens is 2. The molecule has 0 fully saturated rings. The number of nitrogens with one attached hydrogen (secondary N) is 2. The van der Waals surface area contributed by atoms with Crippen molar-refractivity contribution in [3.8, 4) is 0 Å². The molecule has 0 saturated heterocycles. The molecule has 5 nitrogen and oxygen atoms in total. The molecule has 0 aliphatic rings. The predicted molar refractivity (Wildman–Crippen MR) is 58.5 cm³/mol. The van der Waals surface area contributed by atoms with Gasteiger partial charge in [0.2, 0.25) is 5.91 Å². The fraction of sp³-hybridized carbons (Fsp3) is 0.500. The average Bonchev–Trinajstić information content (AvgIpc) is 2.18. The van der Waals surface area contributed by atoms with Gasteiger partial charge in [0.1, 0.15) is 17.7 Å². The first-order valence-electron chi connectivity index (χ1n) is 4.97. The molecule has 1 heterocycles. The highest BCUT2D eigenvalue weighted by Gasteiger charge is 2.11. The van der Waals surface area contributed by atoms with Gasteiger partial charge < -0.3 is 10.6 Å². The molecule has 0 spiro atoms. The molecule has 1 unspecified atom stereocenters. The predicted octanol–water partition coefficient (Wildman–Crippen LogP) is 0.722. The van der Waals surface area contributed by atoms with Crippen LogP contribution in [0.15, 0.2) is 12.3 Å². The Morgan fingerprint density at radius 3 is 2.93 bits per heavy atom. The molecule has 0 aliphatic heterocycles. The molecule has 1 atom stereocenters. The van der Waals surface area contributed by atoms with Gasteiger partial charge in [0, 0.05) is 12.7 Å². The molecule has 2 N–H and O–H groups in total. The number of nitrogens with zero attached hydrogens (tertiary/aromatic N) is 2. The van der Waals surface area contributed by atoms with Crippen molar-refractivity contribution in [3.05, 3.63) is 18.1 Å². The molecule has 1 rings (SSSR count). The smallest absolute Gasteiger partial charge is 0.242 e. The molecule has 1 amide bonds. The highest BCUT2D eigenvalue weighted by Crippen LogP contribution is 2.03. The Kier molecular flexibility index (Phi) is 4.03. The van der Waals surface area contributed by atoms with Crippen LogP contribution in [0, 0.1) is 6.92 Å². The number of aryl methyl sites for hydroxylation is 1. The summed E-state index contributed by atoms with van der Waals surface area (Å²) < 4.78 is 0. The third-order valence-corrected chi connectivity index (χ3v) is 1.88. The van der Waals surface area contributed by atoms with Crippen molar-refractivity contribution in [2.75, 3.05) is 11.9 Å². The summed E-state index contributed by atoms with van der Waals surface area (Å²) >= 11 is 0. The van der Waals surface area contributed by atoms with Crippen molar-refractivity contribution in [2.45, 2.75) is 26.8 Å². The van der Waals surface area contributed by atoms with Crippen LogP contribution in [-0.2, 0) is 4.79 Å². The molecular formula is C10H16N4O. The summed E-state index contributed by atoms with van der Waals surface area (Å²) in [5, 5.41) is 5.74. The second-order valence-electron chi connectivity index (χ2n) is 3.25. The molecular weight excluding hydrogens is 192 g/mol. The van der Waals surface area contributed by atoms with Crippen molar-refractivity contribution in [2.24, 2.45) is 0 Å². The largest absolute Gasteiger partial charge is 0.359 e. The Morgan fingerprint density at radius 1 is 1.60 bits per heavy atom. The highest BCUT2D eigenvalue weighted by atomic mass is 16.2. The average molecular weight is 208 g/mol. The van der Waals surface area contributed by atoms with Gasteiger partial charge in [-0.05, 0) is 26.8 Å². The van der Waals surface area contributed by atoms with Crippen molar-refractivity contribution < 1.29 is 4.79 Å². The molecule has 0 radical (unpaired) electrons. The highest BCUT2D eigenvalue weighted by molar-refractivity contribution is 5.83. The molecule has 15 heavy (non-hydrogen) atoms. The van der Waals surface area contributed by atoms with Gasteiger partial charge >= 0.3 is 0 Å². The Morgan fingerprint density at radius 2 is 2.33 bits per heavy atom. The third-order valence-electron chi connectivity index (χ3n) is 1.88. The van der Waals surface area contributed by atoms with Gasteiger partial charge in [0.25, 0.3) is 0 Å². The lowest BCUT2D eigenvalue weighted by molar-refractivity contribution is -0.121. The summed E-state index contributed by atoms with van der Waals surface area (Å²) in [6, 6.07) is 1.45. The molecule has 5 heteroatoms. The van der Waals surface area contributed by atoms with E-state index in [0.717, 1.165) is 0 Å². The van der Waals surface area contributed by atoms with E-state index in [1.165, 1.54) is 0 Å². The molecule has 0 bridgehead atoms. The van der Waals surface area contributed by atoms with Crippen LogP contribution in [-0.4, -0.2) is 28.5 Å². The number of hydrogen-bond donors (Lipinski definition) is 2. The van der Waals surface area contributed by atoms with Crippen molar-refractivity contribution in [3.63, 3.8) is 0 Å². The maximum absolute atomic E-state index is 11.4. The summed E-state index contributed by atoms with van der Waals surface area (Å²) in [5.74, 6) is 1.32. The quantitative estimate of drug-likeness (QED) is 0.765. The standard InChI is InChI=1S/C10H16N4O/c1-4-11-10(15)7(2)13-9-5-6-12-8(3)14-9/h5-7H,4H2,1-3H3,(H,11,15)(H,12,13,14). The van der Waals surface area contributed by atoms with Gasteiger partial charge in [-0.3, -0.25) is 4.79 Å². The Hall–Kier alpha value is -1.65. The second-order valence-corrected chi connectivity index (χ2v) is 3.25. The minimum atomic E-state index is -0.292. The lowest BCUT2D eigenvalue weighted by Crippen LogP contribution is -2.37. The van der Waals surface area contributed by atoms with Crippen LogP contribution in [0.25, 0.3) is 0 Å². The van der Waals surface area contributed by atoms with Gasteiger partial charge in [0.05, 0.1) is 0 Å². The van der Waals surface area contributed by atoms with Crippen LogP contribution in [0.4, 0.5) is 5.82 Å². The van der Waals surface area contributed by atoms with Crippen molar-refractivity contribution in [1.82, 2.24) is 15.3 Å². The normalized spacial score (nSPS) is 11.9. The summed E-state index contributed by atoms with van der Waals surface area (Å²) in [7, 11) is 0. The van der Waals surface area contributed by atoms with E-state index in [1.807, 2.05) is 13.8 Å². The molecule has 82 valence electrons. The molecule has 1 aromatic heterocycles. The summed E-state index contributed by atoms with van der Waals surface area (Å²) in [5.41, 5.74) is 0. The van der Waals surface area contributed by atoms with Crippen molar-refractivity contribution >= 4 is 11.7 Å². The number of likely N-dealkylation sites (N-methyl/N-ethyl adjacent to an activating group) is 1. The third kappa shape index (κ3) is 3.53. The van der Waals surface area contributed by atoms with E-state index >= 15 is 0 Å². The van der Waals surface area contributed by atoms with E-state index in [9.17, 15) is 4.79 Å². The monoisotopic (exact) mass is 208 g/mol. The van der Waals surface area contributed by atoms with Gasteiger partial charge in [-0.25, -0.2) is 9.97 Å². The van der Waals surface area contributed by atoms with Crippen LogP contribution >= 0.6 is 0 Å². The van der Waals surface area contributed by atoms with E-state index in [0.29, 0.717) is 18.2 Å². The number of carbonyl (C=O) groups excluding carboxylic acids is 1. The molecule has 0 saturated carbocycles. The topological polar surface area (TPSA) is 66.9 Å². The van der Waals surface area contributed by atoms with Gasteiger partial charge in [-0.15, -0.1) is 0 Å². The minimum absolute atomic E-state index is 0.0336. The Bertz CT molecular complexity index is 340. The molecule has 1 aromatic rings. The first-order chi connectivity index (χ1) is 7.13. The first-order valence-corrected chi connectivity index (χ1v) is 4.97. The van der Waals surface area contributed by atoms with E-state index < -0.39 is 0 Å². The SMILES string of the molecule is CCNC(=O)C(C)Nc1ccnc(C)n1. The summed E-state index contributed by atoms with van der Waals surface area (Å²) in [6.45, 7) is 6.12. The second kappa shape index (κ2) is 5.29. The number of rotatable bonds is 4. The van der Waals surface area contributed by atoms with E-state index in [1.54, 1.807) is 19.2 Å². The zero-order valence-corrected chi connectivity index (χ0v) is 9.24. The summed E-state index contributed by atoms with van der Waals surface area (Å²) in [6.07, 6.45) is 1.66. The Balaban J connectivity index is 2.58. The minimum Gasteiger partial charge on any atom is -0.359 e. The van der Waals surface area contributed by atoms with Gasteiger partial charge in [0.15, 0.2) is 0 Å². The number of anilines is 1. The van der Waals surface area contributed by atoms with Crippen LogP contribution in [0.1, 0.15) is 19.7 Å². The van der Waals surface area contributed by atoms with Crippen LogP contribution in [0.2, 0.25) is 0 Å². The lowest BCUT2D eigenvalue weighted by atomic mass is 10.3. The molecule has 0 aromatic carbocycles.